The smallest absolute Gasteiger partial charge is 0.180 e. The number of nitrogens with zero attached hydrogens (tertiary/aromatic N) is 5. The van der Waals surface area contributed by atoms with Crippen LogP contribution in [0.2, 0.25) is 5.15 Å². The number of imidazole rings is 1. The number of aromatic nitrogens is 6. The van der Waals surface area contributed by atoms with Crippen molar-refractivity contribution < 1.29 is 0 Å². The molecule has 1 N–H and O–H groups in total. The third kappa shape index (κ3) is 3.97. The van der Waals surface area contributed by atoms with Gasteiger partial charge < -0.3 is 4.57 Å². The molecule has 4 rings (SSSR count). The minimum atomic E-state index is 0.409. The molecule has 0 aliphatic carbocycles. The number of halogens is 1. The monoisotopic (exact) mass is 391 g/mol. The fourth-order valence-electron chi connectivity index (χ4n) is 3.24. The van der Waals surface area contributed by atoms with Gasteiger partial charge in [0.15, 0.2) is 11.0 Å². The molecule has 2 aromatic carbocycles. The van der Waals surface area contributed by atoms with Crippen molar-refractivity contribution in [3.63, 3.8) is 0 Å². The Hall–Kier alpha value is -2.99. The molecule has 0 fully saturated rings. The van der Waals surface area contributed by atoms with Crippen molar-refractivity contribution in [2.75, 3.05) is 0 Å². The van der Waals surface area contributed by atoms with Crippen LogP contribution in [0.4, 0.5) is 0 Å². The number of hydrogen-bond donors (Lipinski definition) is 1. The molecule has 0 saturated heterocycles. The van der Waals surface area contributed by atoms with E-state index >= 15 is 0 Å². The van der Waals surface area contributed by atoms with Gasteiger partial charge in [0, 0.05) is 18.5 Å². The van der Waals surface area contributed by atoms with Crippen LogP contribution in [0.3, 0.4) is 0 Å². The second-order valence-electron chi connectivity index (χ2n) is 6.62. The fraction of sp³-hybridized carbons (Fsp3) is 0.238. The molecule has 4 aromatic rings. The summed E-state index contributed by atoms with van der Waals surface area (Å²) in [6.45, 7) is 2.81. The zero-order valence-electron chi connectivity index (χ0n) is 15.6. The summed E-state index contributed by atoms with van der Waals surface area (Å²) in [5, 5.41) is 14.9. The van der Waals surface area contributed by atoms with E-state index in [2.05, 4.69) is 69.1 Å². The van der Waals surface area contributed by atoms with E-state index in [0.29, 0.717) is 17.5 Å². The molecule has 6 nitrogen and oxygen atoms in total. The van der Waals surface area contributed by atoms with Crippen molar-refractivity contribution in [3.05, 3.63) is 71.3 Å². The summed E-state index contributed by atoms with van der Waals surface area (Å²) in [7, 11) is 0. The van der Waals surface area contributed by atoms with Gasteiger partial charge in [-0.3, -0.25) is 0 Å². The number of H-pyrrole nitrogens is 1. The van der Waals surface area contributed by atoms with Crippen LogP contribution >= 0.6 is 11.6 Å². The highest BCUT2D eigenvalue weighted by atomic mass is 35.5. The first-order valence-corrected chi connectivity index (χ1v) is 9.69. The van der Waals surface area contributed by atoms with Gasteiger partial charge in [-0.05, 0) is 39.6 Å². The first kappa shape index (κ1) is 18.4. The number of aryl methyl sites for hydroxylation is 1. The largest absolute Gasteiger partial charge is 0.321 e. The van der Waals surface area contributed by atoms with Crippen LogP contribution in [0.5, 0.6) is 0 Å². The lowest BCUT2D eigenvalue weighted by Crippen LogP contribution is -2.05. The van der Waals surface area contributed by atoms with Crippen LogP contribution in [0, 0.1) is 6.20 Å². The number of hydrogen-bond acceptors (Lipinski definition) is 4. The number of rotatable bonds is 7. The molecule has 28 heavy (non-hydrogen) atoms. The SMILES string of the molecule is CCCCc1nc(Cl)[c]n1Cc1ccc(-c2ccccc2)c(-c2nnn[nH]2)c1. The molecule has 2 aromatic heterocycles. The van der Waals surface area contributed by atoms with E-state index in [-0.39, 0.29) is 0 Å². The molecule has 0 aliphatic rings. The Labute approximate surface area is 168 Å². The van der Waals surface area contributed by atoms with Crippen molar-refractivity contribution in [2.24, 2.45) is 0 Å². The van der Waals surface area contributed by atoms with Gasteiger partial charge in [-0.15, -0.1) is 5.10 Å². The summed E-state index contributed by atoms with van der Waals surface area (Å²) in [5.41, 5.74) is 4.24. The van der Waals surface area contributed by atoms with Crippen molar-refractivity contribution in [3.8, 4) is 22.5 Å². The van der Waals surface area contributed by atoms with E-state index in [4.69, 9.17) is 11.6 Å². The van der Waals surface area contributed by atoms with E-state index in [1.165, 1.54) is 0 Å². The Morgan fingerprint density at radius 2 is 1.96 bits per heavy atom. The van der Waals surface area contributed by atoms with Crippen molar-refractivity contribution >= 4 is 11.6 Å². The minimum absolute atomic E-state index is 0.409. The van der Waals surface area contributed by atoms with Gasteiger partial charge in [0.2, 0.25) is 0 Å². The predicted octanol–water partition coefficient (Wildman–Crippen LogP) is 4.57. The van der Waals surface area contributed by atoms with E-state index in [0.717, 1.165) is 47.3 Å². The van der Waals surface area contributed by atoms with Crippen LogP contribution in [0.15, 0.2) is 48.5 Å². The van der Waals surface area contributed by atoms with Crippen LogP contribution in [0.1, 0.15) is 31.2 Å². The minimum Gasteiger partial charge on any atom is -0.321 e. The maximum Gasteiger partial charge on any atom is 0.180 e. The fourth-order valence-corrected chi connectivity index (χ4v) is 3.44. The van der Waals surface area contributed by atoms with Crippen LogP contribution in [0.25, 0.3) is 22.5 Å². The average Bonchev–Trinajstić information content (AvgIpc) is 3.37. The maximum absolute atomic E-state index is 6.11. The van der Waals surface area contributed by atoms with E-state index < -0.39 is 0 Å². The zero-order chi connectivity index (χ0) is 19.3. The molecule has 0 unspecified atom stereocenters. The number of benzene rings is 2. The standard InChI is InChI=1S/C21H20ClN6/c1-2-3-9-20-23-19(22)14-28(20)13-15-10-11-17(16-7-5-4-6-8-16)18(12-15)21-24-26-27-25-21/h4-8,10-12H,2-3,9,13H2,1H3,(H,24,25,26,27). The Morgan fingerprint density at radius 3 is 2.71 bits per heavy atom. The summed E-state index contributed by atoms with van der Waals surface area (Å²) < 4.78 is 2.00. The van der Waals surface area contributed by atoms with Crippen LogP contribution in [-0.4, -0.2) is 30.2 Å². The Morgan fingerprint density at radius 1 is 1.11 bits per heavy atom. The normalized spacial score (nSPS) is 11.1. The molecule has 0 atom stereocenters. The topological polar surface area (TPSA) is 72.3 Å². The Kier molecular flexibility index (Phi) is 5.48. The third-order valence-corrected chi connectivity index (χ3v) is 4.80. The predicted molar refractivity (Wildman–Crippen MR) is 109 cm³/mol. The van der Waals surface area contributed by atoms with Gasteiger partial charge in [0.25, 0.3) is 0 Å². The van der Waals surface area contributed by atoms with Crippen LogP contribution < -0.4 is 0 Å². The summed E-state index contributed by atoms with van der Waals surface area (Å²) in [4.78, 5) is 4.42. The second-order valence-corrected chi connectivity index (χ2v) is 6.97. The lowest BCUT2D eigenvalue weighted by atomic mass is 9.97. The lowest BCUT2D eigenvalue weighted by molar-refractivity contribution is 0.675. The third-order valence-electron chi connectivity index (χ3n) is 4.63. The zero-order valence-corrected chi connectivity index (χ0v) is 16.3. The Bertz CT molecular complexity index is 1040. The van der Waals surface area contributed by atoms with Gasteiger partial charge in [-0.2, -0.15) is 0 Å². The molecule has 0 amide bonds. The van der Waals surface area contributed by atoms with Crippen molar-refractivity contribution in [2.45, 2.75) is 32.7 Å². The molecule has 7 heteroatoms. The number of unbranched alkanes of at least 4 members (excludes halogenated alkanes) is 1. The highest BCUT2D eigenvalue weighted by Gasteiger charge is 2.13. The van der Waals surface area contributed by atoms with Crippen molar-refractivity contribution in [1.29, 1.82) is 0 Å². The summed E-state index contributed by atoms with van der Waals surface area (Å²) >= 11 is 6.11. The lowest BCUT2D eigenvalue weighted by Gasteiger charge is -2.12. The van der Waals surface area contributed by atoms with Crippen molar-refractivity contribution in [1.82, 2.24) is 30.2 Å². The van der Waals surface area contributed by atoms with E-state index in [1.807, 2.05) is 22.8 Å². The van der Waals surface area contributed by atoms with Crippen LogP contribution in [-0.2, 0) is 13.0 Å². The van der Waals surface area contributed by atoms with Gasteiger partial charge in [0.1, 0.15) is 12.0 Å². The molecule has 0 bridgehead atoms. The Balaban J connectivity index is 1.71. The molecule has 2 heterocycles. The number of aromatic amines is 1. The summed E-state index contributed by atoms with van der Waals surface area (Å²) in [6, 6.07) is 16.5. The molecular formula is C21H20ClN6. The molecule has 0 spiro atoms. The van der Waals surface area contributed by atoms with E-state index in [9.17, 15) is 0 Å². The molecule has 141 valence electrons. The summed E-state index contributed by atoms with van der Waals surface area (Å²) in [5.74, 6) is 1.60. The molecule has 0 aliphatic heterocycles. The second kappa shape index (κ2) is 8.35. The molecular weight excluding hydrogens is 372 g/mol. The molecule has 0 saturated carbocycles. The van der Waals surface area contributed by atoms with Gasteiger partial charge >= 0.3 is 0 Å². The number of nitrogens with one attached hydrogen (secondary N) is 1. The van der Waals surface area contributed by atoms with Gasteiger partial charge in [-0.25, -0.2) is 10.1 Å². The highest BCUT2D eigenvalue weighted by Crippen LogP contribution is 2.31. The van der Waals surface area contributed by atoms with Gasteiger partial charge in [-0.1, -0.05) is 67.4 Å². The highest BCUT2D eigenvalue weighted by molar-refractivity contribution is 6.29. The average molecular weight is 392 g/mol. The first-order chi connectivity index (χ1) is 13.7. The van der Waals surface area contributed by atoms with E-state index in [1.54, 1.807) is 0 Å². The molecule has 1 radical (unpaired) electrons. The van der Waals surface area contributed by atoms with Gasteiger partial charge in [0.05, 0.1) is 0 Å². The maximum atomic E-state index is 6.11. The quantitative estimate of drug-likeness (QED) is 0.500. The first-order valence-electron chi connectivity index (χ1n) is 9.31. The number of tetrazole rings is 1. The summed E-state index contributed by atoms with van der Waals surface area (Å²) in [6.07, 6.45) is 6.20.